The molecule has 0 spiro atoms. The quantitative estimate of drug-likeness (QED) is 0.396. The highest BCUT2D eigenvalue weighted by Gasteiger charge is 2.23. The normalized spacial score (nSPS) is 10.9. The van der Waals surface area contributed by atoms with E-state index in [1.807, 2.05) is 19.9 Å². The number of carbonyl (C=O) groups is 1. The summed E-state index contributed by atoms with van der Waals surface area (Å²) < 4.78 is 11.7. The Bertz CT molecular complexity index is 1290. The molecule has 144 valence electrons. The van der Waals surface area contributed by atoms with Crippen molar-refractivity contribution in [3.8, 4) is 17.1 Å². The third-order valence-corrected chi connectivity index (χ3v) is 4.93. The molecule has 0 amide bonds. The zero-order valence-electron chi connectivity index (χ0n) is 15.9. The Morgan fingerprint density at radius 3 is 2.38 bits per heavy atom. The van der Waals surface area contributed by atoms with Crippen LogP contribution < -0.4 is 10.2 Å². The van der Waals surface area contributed by atoms with Crippen molar-refractivity contribution in [2.75, 3.05) is 0 Å². The number of ether oxygens (including phenoxy) is 1. The molecule has 1 heterocycles. The molecule has 0 radical (unpaired) electrons. The van der Waals surface area contributed by atoms with Gasteiger partial charge in [-0.25, -0.2) is 4.79 Å². The van der Waals surface area contributed by atoms with Gasteiger partial charge in [0.05, 0.1) is 16.0 Å². The van der Waals surface area contributed by atoms with E-state index in [2.05, 4.69) is 0 Å². The lowest BCUT2D eigenvalue weighted by molar-refractivity contribution is 0.0731. The lowest BCUT2D eigenvalue weighted by Crippen LogP contribution is -2.16. The predicted molar refractivity (Wildman–Crippen MR) is 114 cm³/mol. The second-order valence-electron chi connectivity index (χ2n) is 6.78. The number of fused-ring (bicyclic) bond motifs is 1. The van der Waals surface area contributed by atoms with Gasteiger partial charge in [-0.3, -0.25) is 4.79 Å². The van der Waals surface area contributed by atoms with Crippen LogP contribution in [0.15, 0.2) is 75.9 Å². The van der Waals surface area contributed by atoms with Crippen LogP contribution in [0.4, 0.5) is 0 Å². The number of hydrogen-bond acceptors (Lipinski definition) is 4. The monoisotopic (exact) mass is 404 g/mol. The number of halogens is 1. The first-order valence-electron chi connectivity index (χ1n) is 9.06. The summed E-state index contributed by atoms with van der Waals surface area (Å²) in [7, 11) is 0. The van der Waals surface area contributed by atoms with Crippen LogP contribution >= 0.6 is 11.6 Å². The molecule has 0 aliphatic heterocycles. The first-order chi connectivity index (χ1) is 14.0. The molecule has 0 bridgehead atoms. The number of benzene rings is 3. The molecule has 4 rings (SSSR count). The molecule has 0 saturated heterocycles. The van der Waals surface area contributed by atoms with Crippen molar-refractivity contribution in [1.82, 2.24) is 0 Å². The van der Waals surface area contributed by atoms with Gasteiger partial charge in [0.15, 0.2) is 5.76 Å². The number of hydrogen-bond donors (Lipinski definition) is 0. The molecule has 0 unspecified atom stereocenters. The summed E-state index contributed by atoms with van der Waals surface area (Å²) in [5, 5.41) is 0.742. The Balaban J connectivity index is 1.99. The molecule has 0 aliphatic rings. The average molecular weight is 405 g/mol. The van der Waals surface area contributed by atoms with Crippen molar-refractivity contribution >= 4 is 28.5 Å². The van der Waals surface area contributed by atoms with E-state index in [4.69, 9.17) is 20.8 Å². The fourth-order valence-corrected chi connectivity index (χ4v) is 3.50. The fraction of sp³-hybridized carbons (Fsp3) is 0.0833. The number of rotatable bonds is 3. The molecule has 0 atom stereocenters. The van der Waals surface area contributed by atoms with Crippen molar-refractivity contribution in [3.63, 3.8) is 0 Å². The highest BCUT2D eigenvalue weighted by atomic mass is 35.5. The van der Waals surface area contributed by atoms with Crippen LogP contribution in [0.1, 0.15) is 21.5 Å². The molecule has 0 saturated carbocycles. The van der Waals surface area contributed by atoms with Gasteiger partial charge in [0.1, 0.15) is 5.58 Å². The average Bonchev–Trinajstić information content (AvgIpc) is 2.71. The molecular weight excluding hydrogens is 388 g/mol. The largest absolute Gasteiger partial charge is 0.452 e. The van der Waals surface area contributed by atoms with E-state index in [0.717, 1.165) is 11.1 Å². The van der Waals surface area contributed by atoms with E-state index >= 15 is 0 Å². The van der Waals surface area contributed by atoms with Crippen molar-refractivity contribution in [2.24, 2.45) is 0 Å². The summed E-state index contributed by atoms with van der Waals surface area (Å²) >= 11 is 6.35. The van der Waals surface area contributed by atoms with Crippen LogP contribution in [-0.2, 0) is 0 Å². The molecule has 0 N–H and O–H groups in total. The number of esters is 1. The molecule has 4 nitrogen and oxygen atoms in total. The fourth-order valence-electron chi connectivity index (χ4n) is 3.27. The minimum atomic E-state index is -0.644. The van der Waals surface area contributed by atoms with Crippen LogP contribution in [0, 0.1) is 13.8 Å². The molecule has 3 aromatic carbocycles. The lowest BCUT2D eigenvalue weighted by atomic mass is 10.1. The Morgan fingerprint density at radius 2 is 1.66 bits per heavy atom. The summed E-state index contributed by atoms with van der Waals surface area (Å²) in [5.74, 6) is -0.691. The third kappa shape index (κ3) is 3.55. The predicted octanol–water partition coefficient (Wildman–Crippen LogP) is 5.95. The van der Waals surface area contributed by atoms with Crippen molar-refractivity contribution in [2.45, 2.75) is 13.8 Å². The summed E-state index contributed by atoms with van der Waals surface area (Å²) in [4.78, 5) is 26.0. The van der Waals surface area contributed by atoms with Gasteiger partial charge in [-0.15, -0.1) is 0 Å². The first kappa shape index (κ1) is 19.0. The lowest BCUT2D eigenvalue weighted by Gasteiger charge is -2.13. The Hall–Kier alpha value is -3.37. The Labute approximate surface area is 172 Å². The van der Waals surface area contributed by atoms with E-state index < -0.39 is 11.4 Å². The van der Waals surface area contributed by atoms with E-state index in [9.17, 15) is 9.59 Å². The van der Waals surface area contributed by atoms with Crippen LogP contribution in [-0.4, -0.2) is 5.97 Å². The second-order valence-corrected chi connectivity index (χ2v) is 7.19. The standard InChI is InChI=1S/C24H17ClO4/c1-14-12-15(2)21-18(13-14)20(26)23(29-24(27)16-8-4-3-5-9-16)22(28-21)17-10-6-7-11-19(17)25/h3-13H,1-2H3. The van der Waals surface area contributed by atoms with Gasteiger partial charge < -0.3 is 9.15 Å². The van der Waals surface area contributed by atoms with E-state index in [1.165, 1.54) is 0 Å². The zero-order chi connectivity index (χ0) is 20.5. The maximum atomic E-state index is 13.3. The van der Waals surface area contributed by atoms with Crippen LogP contribution in [0.5, 0.6) is 5.75 Å². The SMILES string of the molecule is Cc1cc(C)c2oc(-c3ccccc3Cl)c(OC(=O)c3ccccc3)c(=O)c2c1. The smallest absolute Gasteiger partial charge is 0.343 e. The molecule has 29 heavy (non-hydrogen) atoms. The maximum Gasteiger partial charge on any atom is 0.343 e. The maximum absolute atomic E-state index is 13.3. The van der Waals surface area contributed by atoms with E-state index in [0.29, 0.717) is 27.1 Å². The molecule has 1 aromatic heterocycles. The van der Waals surface area contributed by atoms with Crippen molar-refractivity contribution < 1.29 is 13.9 Å². The topological polar surface area (TPSA) is 56.5 Å². The molecular formula is C24H17ClO4. The minimum absolute atomic E-state index is 0.129. The highest BCUT2D eigenvalue weighted by Crippen LogP contribution is 2.36. The Morgan fingerprint density at radius 1 is 0.966 bits per heavy atom. The van der Waals surface area contributed by atoms with Gasteiger partial charge in [-0.1, -0.05) is 48.0 Å². The van der Waals surface area contributed by atoms with Crippen LogP contribution in [0.3, 0.4) is 0 Å². The summed E-state index contributed by atoms with van der Waals surface area (Å²) in [6.07, 6.45) is 0. The molecule has 0 fully saturated rings. The molecule has 5 heteroatoms. The zero-order valence-corrected chi connectivity index (χ0v) is 16.6. The van der Waals surface area contributed by atoms with Gasteiger partial charge in [0.25, 0.3) is 0 Å². The minimum Gasteiger partial charge on any atom is -0.452 e. The summed E-state index contributed by atoms with van der Waals surface area (Å²) in [6.45, 7) is 3.76. The molecule has 4 aromatic rings. The van der Waals surface area contributed by atoms with Gasteiger partial charge in [-0.05, 0) is 55.3 Å². The Kier molecular flexibility index (Phi) is 4.95. The molecule has 0 aliphatic carbocycles. The summed E-state index contributed by atoms with van der Waals surface area (Å²) in [5.41, 5.74) is 2.55. The summed E-state index contributed by atoms with van der Waals surface area (Å²) in [6, 6.07) is 19.1. The number of carbonyl (C=O) groups excluding carboxylic acids is 1. The van der Waals surface area contributed by atoms with E-state index in [1.54, 1.807) is 60.7 Å². The van der Waals surface area contributed by atoms with Crippen LogP contribution in [0.2, 0.25) is 5.02 Å². The number of aryl methyl sites for hydroxylation is 2. The van der Waals surface area contributed by atoms with Gasteiger partial charge in [0.2, 0.25) is 11.2 Å². The van der Waals surface area contributed by atoms with Crippen molar-refractivity contribution in [1.29, 1.82) is 0 Å². The van der Waals surface area contributed by atoms with Gasteiger partial charge in [0, 0.05) is 5.56 Å². The third-order valence-electron chi connectivity index (χ3n) is 4.60. The van der Waals surface area contributed by atoms with E-state index in [-0.39, 0.29) is 11.5 Å². The second kappa shape index (κ2) is 7.57. The van der Waals surface area contributed by atoms with Crippen molar-refractivity contribution in [3.05, 3.63) is 98.7 Å². The van der Waals surface area contributed by atoms with Gasteiger partial charge >= 0.3 is 5.97 Å². The highest BCUT2D eigenvalue weighted by molar-refractivity contribution is 6.33. The first-order valence-corrected chi connectivity index (χ1v) is 9.43. The van der Waals surface area contributed by atoms with Gasteiger partial charge in [-0.2, -0.15) is 0 Å². The van der Waals surface area contributed by atoms with Crippen LogP contribution in [0.25, 0.3) is 22.3 Å².